The first-order chi connectivity index (χ1) is 10.7. The van der Waals surface area contributed by atoms with Crippen molar-refractivity contribution >= 4 is 12.0 Å². The Kier molecular flexibility index (Phi) is 5.77. The lowest BCUT2D eigenvalue weighted by atomic mass is 10.1. The Morgan fingerprint density at radius 3 is 2.68 bits per heavy atom. The van der Waals surface area contributed by atoms with Gasteiger partial charge in [0.25, 0.3) is 5.91 Å². The van der Waals surface area contributed by atoms with Gasteiger partial charge in [0.15, 0.2) is 0 Å². The minimum absolute atomic E-state index is 0.0180. The number of amides is 2. The Bertz CT molecular complexity index is 506. The van der Waals surface area contributed by atoms with Gasteiger partial charge in [-0.2, -0.15) is 0 Å². The van der Waals surface area contributed by atoms with Gasteiger partial charge in [-0.3, -0.25) is 14.9 Å². The predicted octanol–water partition coefficient (Wildman–Crippen LogP) is 2.46. The number of carbonyl (C=O) groups excluding carboxylic acids is 2. The first-order valence-corrected chi connectivity index (χ1v) is 7.60. The lowest BCUT2D eigenvalue weighted by Crippen LogP contribution is -2.48. The van der Waals surface area contributed by atoms with Gasteiger partial charge in [-0.15, -0.1) is 0 Å². The van der Waals surface area contributed by atoms with Crippen molar-refractivity contribution in [2.24, 2.45) is 0 Å². The molecule has 1 unspecified atom stereocenters. The Morgan fingerprint density at radius 2 is 2.05 bits per heavy atom. The molecule has 2 rings (SSSR count). The lowest BCUT2D eigenvalue weighted by Gasteiger charge is -2.28. The molecular weight excluding hydrogens is 284 g/mol. The van der Waals surface area contributed by atoms with Crippen molar-refractivity contribution in [3.8, 4) is 0 Å². The zero-order valence-electron chi connectivity index (χ0n) is 12.7. The van der Waals surface area contributed by atoms with E-state index in [9.17, 15) is 9.59 Å². The van der Waals surface area contributed by atoms with Crippen LogP contribution in [0.4, 0.5) is 4.79 Å². The summed E-state index contributed by atoms with van der Waals surface area (Å²) < 4.78 is 5.34. The Labute approximate surface area is 130 Å². The van der Waals surface area contributed by atoms with E-state index < -0.39 is 18.0 Å². The number of hydrogen-bond donors (Lipinski definition) is 2. The third-order valence-electron chi connectivity index (χ3n) is 3.95. The van der Waals surface area contributed by atoms with Crippen molar-refractivity contribution in [1.82, 2.24) is 10.4 Å². The molecular formula is C16H22N2O4. The zero-order valence-corrected chi connectivity index (χ0v) is 12.7. The summed E-state index contributed by atoms with van der Waals surface area (Å²) in [6.07, 6.45) is 2.51. The maximum atomic E-state index is 12.4. The molecule has 1 aromatic rings. The van der Waals surface area contributed by atoms with E-state index in [1.165, 1.54) is 4.90 Å². The van der Waals surface area contributed by atoms with Gasteiger partial charge in [0, 0.05) is 6.04 Å². The molecule has 1 fully saturated rings. The molecule has 22 heavy (non-hydrogen) atoms. The molecule has 6 heteroatoms. The van der Waals surface area contributed by atoms with Gasteiger partial charge in [0.2, 0.25) is 0 Å². The Morgan fingerprint density at radius 1 is 1.32 bits per heavy atom. The molecule has 1 aliphatic rings. The molecule has 1 aliphatic heterocycles. The molecule has 1 heterocycles. The van der Waals surface area contributed by atoms with E-state index in [0.29, 0.717) is 6.42 Å². The van der Waals surface area contributed by atoms with Crippen LogP contribution in [-0.4, -0.2) is 34.2 Å². The van der Waals surface area contributed by atoms with E-state index in [2.05, 4.69) is 0 Å². The van der Waals surface area contributed by atoms with Gasteiger partial charge < -0.3 is 4.74 Å². The number of nitrogens with zero attached hydrogens (tertiary/aromatic N) is 1. The molecule has 0 bridgehead atoms. The lowest BCUT2D eigenvalue weighted by molar-refractivity contribution is -0.133. The summed E-state index contributed by atoms with van der Waals surface area (Å²) >= 11 is 0. The van der Waals surface area contributed by atoms with Crippen LogP contribution in [0.25, 0.3) is 0 Å². The van der Waals surface area contributed by atoms with Crippen molar-refractivity contribution in [3.63, 3.8) is 0 Å². The van der Waals surface area contributed by atoms with E-state index in [-0.39, 0.29) is 12.6 Å². The van der Waals surface area contributed by atoms with Crippen LogP contribution >= 0.6 is 0 Å². The van der Waals surface area contributed by atoms with Crippen LogP contribution in [0, 0.1) is 0 Å². The van der Waals surface area contributed by atoms with Gasteiger partial charge in [-0.1, -0.05) is 43.7 Å². The standard InChI is InChI=1S/C16H22N2O4/c1-2-6-13-9-10-14(15(19)17-21)18(13)16(20)22-11-12-7-4-3-5-8-12/h3-5,7-8,13-14,21H,2,6,9-11H2,1H3,(H,17,19)/t13-,14?/m0/s1. The third-order valence-corrected chi connectivity index (χ3v) is 3.95. The van der Waals surface area contributed by atoms with Gasteiger partial charge >= 0.3 is 6.09 Å². The highest BCUT2D eigenvalue weighted by atomic mass is 16.6. The summed E-state index contributed by atoms with van der Waals surface area (Å²) in [4.78, 5) is 25.6. The summed E-state index contributed by atoms with van der Waals surface area (Å²) in [5.74, 6) is -0.560. The molecule has 2 N–H and O–H groups in total. The zero-order chi connectivity index (χ0) is 15.9. The van der Waals surface area contributed by atoms with E-state index in [1.807, 2.05) is 37.3 Å². The molecule has 2 atom stereocenters. The topological polar surface area (TPSA) is 78.9 Å². The molecule has 0 aliphatic carbocycles. The normalized spacial score (nSPS) is 20.7. The average molecular weight is 306 g/mol. The van der Waals surface area contributed by atoms with Crippen molar-refractivity contribution in [2.75, 3.05) is 0 Å². The second kappa shape index (κ2) is 7.79. The summed E-state index contributed by atoms with van der Waals surface area (Å²) in [5, 5.41) is 8.84. The highest BCUT2D eigenvalue weighted by molar-refractivity contribution is 5.85. The smallest absolute Gasteiger partial charge is 0.411 e. The molecule has 0 saturated carbocycles. The van der Waals surface area contributed by atoms with Gasteiger partial charge in [0.05, 0.1) is 0 Å². The fourth-order valence-electron chi connectivity index (χ4n) is 2.90. The highest BCUT2D eigenvalue weighted by Crippen LogP contribution is 2.28. The number of hydrogen-bond acceptors (Lipinski definition) is 4. The quantitative estimate of drug-likeness (QED) is 0.647. The van der Waals surface area contributed by atoms with Crippen molar-refractivity contribution in [1.29, 1.82) is 0 Å². The van der Waals surface area contributed by atoms with Crippen LogP contribution in [0.3, 0.4) is 0 Å². The summed E-state index contributed by atoms with van der Waals surface area (Å²) in [6.45, 7) is 2.20. The summed E-state index contributed by atoms with van der Waals surface area (Å²) in [5.41, 5.74) is 2.53. The monoisotopic (exact) mass is 306 g/mol. The Balaban J connectivity index is 2.03. The highest BCUT2D eigenvalue weighted by Gasteiger charge is 2.41. The maximum absolute atomic E-state index is 12.4. The number of rotatable bonds is 5. The van der Waals surface area contributed by atoms with Crippen molar-refractivity contribution in [2.45, 2.75) is 51.3 Å². The molecule has 6 nitrogen and oxygen atoms in total. The second-order valence-electron chi connectivity index (χ2n) is 5.46. The van der Waals surface area contributed by atoms with Crippen molar-refractivity contribution < 1.29 is 19.5 Å². The molecule has 0 spiro atoms. The minimum Gasteiger partial charge on any atom is -0.445 e. The number of hydroxylamine groups is 1. The second-order valence-corrected chi connectivity index (χ2v) is 5.46. The van der Waals surface area contributed by atoms with Gasteiger partial charge in [-0.05, 0) is 24.8 Å². The number of carbonyl (C=O) groups is 2. The number of likely N-dealkylation sites (tertiary alicyclic amines) is 1. The van der Waals surface area contributed by atoms with E-state index >= 15 is 0 Å². The van der Waals surface area contributed by atoms with Crippen LogP contribution < -0.4 is 5.48 Å². The van der Waals surface area contributed by atoms with Crippen molar-refractivity contribution in [3.05, 3.63) is 35.9 Å². The number of benzene rings is 1. The van der Waals surface area contributed by atoms with Crippen LogP contribution in [0.1, 0.15) is 38.2 Å². The molecule has 1 aromatic carbocycles. The van der Waals surface area contributed by atoms with Crippen LogP contribution in [-0.2, 0) is 16.1 Å². The first kappa shape index (κ1) is 16.3. The van der Waals surface area contributed by atoms with E-state index in [1.54, 1.807) is 5.48 Å². The Hall–Kier alpha value is -2.08. The van der Waals surface area contributed by atoms with Crippen LogP contribution in [0.5, 0.6) is 0 Å². The minimum atomic E-state index is -0.662. The molecule has 1 saturated heterocycles. The predicted molar refractivity (Wildman–Crippen MR) is 80.1 cm³/mol. The van der Waals surface area contributed by atoms with Gasteiger partial charge in [-0.25, -0.2) is 10.3 Å². The first-order valence-electron chi connectivity index (χ1n) is 7.60. The molecule has 0 radical (unpaired) electrons. The van der Waals surface area contributed by atoms with E-state index in [4.69, 9.17) is 9.94 Å². The number of ether oxygens (including phenoxy) is 1. The molecule has 0 aromatic heterocycles. The largest absolute Gasteiger partial charge is 0.445 e. The van der Waals surface area contributed by atoms with Gasteiger partial charge in [0.1, 0.15) is 12.6 Å². The van der Waals surface area contributed by atoms with Crippen LogP contribution in [0.2, 0.25) is 0 Å². The maximum Gasteiger partial charge on any atom is 0.411 e. The number of nitrogens with one attached hydrogen (secondary N) is 1. The SMILES string of the molecule is CCC[C@H]1CCC(C(=O)NO)N1C(=O)OCc1ccccc1. The van der Waals surface area contributed by atoms with Crippen LogP contribution in [0.15, 0.2) is 30.3 Å². The fourth-order valence-corrected chi connectivity index (χ4v) is 2.90. The molecule has 2 amide bonds. The third kappa shape index (κ3) is 3.76. The summed E-state index contributed by atoms with van der Waals surface area (Å²) in [6, 6.07) is 8.71. The average Bonchev–Trinajstić information content (AvgIpc) is 2.97. The fraction of sp³-hybridized carbons (Fsp3) is 0.500. The molecule has 120 valence electrons. The van der Waals surface area contributed by atoms with E-state index in [0.717, 1.165) is 24.8 Å². The summed E-state index contributed by atoms with van der Waals surface area (Å²) in [7, 11) is 0.